The van der Waals surface area contributed by atoms with Crippen molar-refractivity contribution in [2.24, 2.45) is 5.10 Å². The first-order chi connectivity index (χ1) is 11.3. The Labute approximate surface area is 159 Å². The number of nitrogens with one attached hydrogen (secondary N) is 1. The van der Waals surface area contributed by atoms with Crippen molar-refractivity contribution in [3.05, 3.63) is 56.0 Å². The SMILES string of the molecule is COc1ccc(Cl)cc1S(=O)(=O)N/N=C/c1c(Cl)ccc(Cl)c1Cl. The van der Waals surface area contributed by atoms with Crippen molar-refractivity contribution in [2.45, 2.75) is 4.90 Å². The van der Waals surface area contributed by atoms with Crippen LogP contribution in [0.25, 0.3) is 0 Å². The Balaban J connectivity index is 2.32. The van der Waals surface area contributed by atoms with E-state index >= 15 is 0 Å². The summed E-state index contributed by atoms with van der Waals surface area (Å²) in [6, 6.07) is 7.23. The number of methoxy groups -OCH3 is 1. The smallest absolute Gasteiger partial charge is 0.280 e. The lowest BCUT2D eigenvalue weighted by molar-refractivity contribution is 0.402. The van der Waals surface area contributed by atoms with Crippen LogP contribution in [0.15, 0.2) is 40.3 Å². The molecule has 0 spiro atoms. The van der Waals surface area contributed by atoms with Crippen molar-refractivity contribution < 1.29 is 13.2 Å². The minimum Gasteiger partial charge on any atom is -0.495 e. The van der Waals surface area contributed by atoms with Crippen LogP contribution in [-0.2, 0) is 10.0 Å². The van der Waals surface area contributed by atoms with E-state index in [2.05, 4.69) is 5.10 Å². The van der Waals surface area contributed by atoms with E-state index in [1.165, 1.54) is 37.4 Å². The molecular weight excluding hydrogens is 418 g/mol. The zero-order valence-electron chi connectivity index (χ0n) is 12.1. The Morgan fingerprint density at radius 1 is 1.08 bits per heavy atom. The first-order valence-electron chi connectivity index (χ1n) is 6.28. The largest absolute Gasteiger partial charge is 0.495 e. The van der Waals surface area contributed by atoms with Gasteiger partial charge in [-0.3, -0.25) is 0 Å². The Hall–Kier alpha value is -1.18. The minimum atomic E-state index is -4.01. The normalized spacial score (nSPS) is 11.7. The van der Waals surface area contributed by atoms with Gasteiger partial charge in [0.2, 0.25) is 0 Å². The number of sulfonamides is 1. The van der Waals surface area contributed by atoms with E-state index in [4.69, 9.17) is 51.1 Å². The summed E-state index contributed by atoms with van der Waals surface area (Å²) in [5.41, 5.74) is 0.284. The molecule has 128 valence electrons. The molecule has 0 bridgehead atoms. The molecule has 1 N–H and O–H groups in total. The van der Waals surface area contributed by atoms with Gasteiger partial charge in [-0.2, -0.15) is 18.4 Å². The van der Waals surface area contributed by atoms with E-state index in [0.29, 0.717) is 0 Å². The number of nitrogens with zero attached hydrogens (tertiary/aromatic N) is 1. The van der Waals surface area contributed by atoms with Crippen LogP contribution in [0.5, 0.6) is 5.75 Å². The monoisotopic (exact) mass is 426 g/mol. The Kier molecular flexibility index (Phi) is 6.22. The molecule has 24 heavy (non-hydrogen) atoms. The van der Waals surface area contributed by atoms with Gasteiger partial charge >= 0.3 is 0 Å². The first-order valence-corrected chi connectivity index (χ1v) is 9.27. The van der Waals surface area contributed by atoms with Crippen molar-refractivity contribution in [3.8, 4) is 5.75 Å². The molecule has 0 aliphatic heterocycles. The summed E-state index contributed by atoms with van der Waals surface area (Å²) in [6.45, 7) is 0. The van der Waals surface area contributed by atoms with Crippen molar-refractivity contribution in [1.29, 1.82) is 0 Å². The van der Waals surface area contributed by atoms with Gasteiger partial charge in [0.1, 0.15) is 10.6 Å². The molecule has 2 aromatic rings. The highest BCUT2D eigenvalue weighted by Crippen LogP contribution is 2.30. The fourth-order valence-electron chi connectivity index (χ4n) is 1.73. The summed E-state index contributed by atoms with van der Waals surface area (Å²) in [6.07, 6.45) is 1.16. The van der Waals surface area contributed by atoms with Crippen molar-refractivity contribution in [1.82, 2.24) is 4.83 Å². The maximum Gasteiger partial charge on any atom is 0.280 e. The predicted molar refractivity (Wildman–Crippen MR) is 97.4 cm³/mol. The lowest BCUT2D eigenvalue weighted by Crippen LogP contribution is -2.19. The average molecular weight is 428 g/mol. The second kappa shape index (κ2) is 7.80. The van der Waals surface area contributed by atoms with Crippen molar-refractivity contribution in [3.63, 3.8) is 0 Å². The van der Waals surface area contributed by atoms with Crippen molar-refractivity contribution in [2.75, 3.05) is 7.11 Å². The first kappa shape index (κ1) is 19.1. The molecule has 0 radical (unpaired) electrons. The molecule has 5 nitrogen and oxygen atoms in total. The van der Waals surface area contributed by atoms with Gasteiger partial charge in [0.15, 0.2) is 0 Å². The summed E-state index contributed by atoms with van der Waals surface area (Å²) in [5.74, 6) is 0.126. The molecule has 0 amide bonds. The number of benzene rings is 2. The number of hydrazone groups is 1. The van der Waals surface area contributed by atoms with E-state index < -0.39 is 10.0 Å². The predicted octanol–water partition coefficient (Wildman–Crippen LogP) is 4.62. The van der Waals surface area contributed by atoms with Crippen LogP contribution < -0.4 is 9.57 Å². The molecule has 0 aliphatic carbocycles. The van der Waals surface area contributed by atoms with Crippen LogP contribution >= 0.6 is 46.4 Å². The number of hydrogen-bond acceptors (Lipinski definition) is 4. The second-order valence-corrected chi connectivity index (χ2v) is 7.66. The average Bonchev–Trinajstić information content (AvgIpc) is 2.54. The highest BCUT2D eigenvalue weighted by Gasteiger charge is 2.19. The lowest BCUT2D eigenvalue weighted by Gasteiger charge is -2.09. The summed E-state index contributed by atoms with van der Waals surface area (Å²) in [7, 11) is -2.66. The Morgan fingerprint density at radius 2 is 1.75 bits per heavy atom. The maximum atomic E-state index is 12.3. The third-order valence-corrected chi connectivity index (χ3v) is 5.49. The minimum absolute atomic E-state index is 0.126. The Bertz CT molecular complexity index is 901. The van der Waals surface area contributed by atoms with Crippen LogP contribution in [0, 0.1) is 0 Å². The molecular formula is C14H10Cl4N2O3S. The van der Waals surface area contributed by atoms with E-state index in [0.717, 1.165) is 6.21 Å². The fraction of sp³-hybridized carbons (Fsp3) is 0.0714. The van der Waals surface area contributed by atoms with Gasteiger partial charge in [-0.05, 0) is 30.3 Å². The molecule has 0 saturated carbocycles. The number of ether oxygens (including phenoxy) is 1. The van der Waals surface area contributed by atoms with Gasteiger partial charge in [0.25, 0.3) is 10.0 Å². The van der Waals surface area contributed by atoms with E-state index in [9.17, 15) is 8.42 Å². The number of halogens is 4. The second-order valence-electron chi connectivity index (χ2n) is 4.40. The van der Waals surface area contributed by atoms with E-state index in [1.807, 2.05) is 4.83 Å². The fourth-order valence-corrected chi connectivity index (χ4v) is 3.59. The van der Waals surface area contributed by atoms with Crippen LogP contribution in [0.3, 0.4) is 0 Å². The number of hydrogen-bond donors (Lipinski definition) is 1. The third-order valence-electron chi connectivity index (χ3n) is 2.86. The summed E-state index contributed by atoms with van der Waals surface area (Å²) < 4.78 is 29.7. The van der Waals surface area contributed by atoms with Crippen LogP contribution in [0.2, 0.25) is 20.1 Å². The molecule has 0 saturated heterocycles. The van der Waals surface area contributed by atoms with Crippen LogP contribution in [0.4, 0.5) is 0 Å². The zero-order chi connectivity index (χ0) is 17.9. The van der Waals surface area contributed by atoms with Crippen LogP contribution in [-0.4, -0.2) is 21.7 Å². The molecule has 0 fully saturated rings. The Morgan fingerprint density at radius 3 is 2.42 bits per heavy atom. The molecule has 0 atom stereocenters. The van der Waals surface area contributed by atoms with Crippen molar-refractivity contribution >= 4 is 62.6 Å². The van der Waals surface area contributed by atoms with Gasteiger partial charge in [-0.1, -0.05) is 46.4 Å². The molecule has 0 aromatic heterocycles. The molecule has 0 aliphatic rings. The summed E-state index contributed by atoms with van der Waals surface area (Å²) in [4.78, 5) is 1.89. The highest BCUT2D eigenvalue weighted by atomic mass is 35.5. The standard InChI is InChI=1S/C14H10Cl4N2O3S/c1-23-12-5-2-8(15)6-13(12)24(21,22)20-19-7-9-10(16)3-4-11(17)14(9)18/h2-7,20H,1H3/b19-7+. The molecule has 0 heterocycles. The molecule has 10 heteroatoms. The zero-order valence-corrected chi connectivity index (χ0v) is 15.9. The summed E-state index contributed by atoms with van der Waals surface area (Å²) in [5, 5.41) is 4.60. The van der Waals surface area contributed by atoms with E-state index in [-0.39, 0.29) is 36.3 Å². The topological polar surface area (TPSA) is 67.8 Å². The molecule has 2 aromatic carbocycles. The lowest BCUT2D eigenvalue weighted by atomic mass is 10.2. The third kappa shape index (κ3) is 4.26. The highest BCUT2D eigenvalue weighted by molar-refractivity contribution is 7.89. The summed E-state index contributed by atoms with van der Waals surface area (Å²) >= 11 is 23.7. The molecule has 0 unspecified atom stereocenters. The number of rotatable bonds is 5. The van der Waals surface area contributed by atoms with Gasteiger partial charge in [-0.25, -0.2) is 0 Å². The van der Waals surface area contributed by atoms with Gasteiger partial charge in [0.05, 0.1) is 28.4 Å². The molecule has 2 rings (SSSR count). The maximum absolute atomic E-state index is 12.3. The van der Waals surface area contributed by atoms with Crippen LogP contribution in [0.1, 0.15) is 5.56 Å². The van der Waals surface area contributed by atoms with E-state index in [1.54, 1.807) is 0 Å². The quantitative estimate of drug-likeness (QED) is 0.430. The van der Waals surface area contributed by atoms with Gasteiger partial charge in [0, 0.05) is 10.6 Å². The van der Waals surface area contributed by atoms with Gasteiger partial charge < -0.3 is 4.74 Å². The van der Waals surface area contributed by atoms with Gasteiger partial charge in [-0.15, -0.1) is 0 Å².